The average Bonchev–Trinajstić information content (AvgIpc) is 2.96. The molecule has 110 valence electrons. The fourth-order valence-electron chi connectivity index (χ4n) is 2.53. The number of hydrogen-bond acceptors (Lipinski definition) is 3. The average molecular weight is 277 g/mol. The Labute approximate surface area is 119 Å². The Hall–Kier alpha value is -1.62. The van der Waals surface area contributed by atoms with E-state index in [9.17, 15) is 9.59 Å². The number of nitrogens with one attached hydrogen (secondary N) is 2. The third-order valence-corrected chi connectivity index (χ3v) is 3.70. The Morgan fingerprint density at radius 3 is 2.90 bits per heavy atom. The highest BCUT2D eigenvalue weighted by Gasteiger charge is 2.22. The van der Waals surface area contributed by atoms with Crippen molar-refractivity contribution in [1.29, 1.82) is 0 Å². The summed E-state index contributed by atoms with van der Waals surface area (Å²) in [6.45, 7) is 4.68. The highest BCUT2D eigenvalue weighted by Crippen LogP contribution is 2.11. The highest BCUT2D eigenvalue weighted by atomic mass is 16.2. The molecular formula is C15H23N3O2. The van der Waals surface area contributed by atoms with Crippen LogP contribution in [0.2, 0.25) is 0 Å². The molecular weight excluding hydrogens is 254 g/mol. The molecule has 2 N–H and O–H groups in total. The number of rotatable bonds is 6. The first-order valence-corrected chi connectivity index (χ1v) is 7.42. The highest BCUT2D eigenvalue weighted by molar-refractivity contribution is 5.93. The monoisotopic (exact) mass is 277 g/mol. The molecule has 5 nitrogen and oxygen atoms in total. The molecule has 1 unspecified atom stereocenters. The molecule has 0 aromatic carbocycles. The lowest BCUT2D eigenvalue weighted by Crippen LogP contribution is -2.41. The van der Waals surface area contributed by atoms with Crippen LogP contribution in [0.4, 0.5) is 0 Å². The second kappa shape index (κ2) is 7.24. The Kier molecular flexibility index (Phi) is 5.35. The van der Waals surface area contributed by atoms with Crippen LogP contribution < -0.4 is 10.9 Å². The van der Waals surface area contributed by atoms with Crippen molar-refractivity contribution in [2.45, 2.75) is 38.6 Å². The summed E-state index contributed by atoms with van der Waals surface area (Å²) in [6.07, 6.45) is 5.88. The van der Waals surface area contributed by atoms with Crippen molar-refractivity contribution in [3.05, 3.63) is 34.2 Å². The number of hydrogen-bond donors (Lipinski definition) is 2. The number of unbranched alkanes of at least 4 members (excludes halogenated alkanes) is 1. The predicted molar refractivity (Wildman–Crippen MR) is 78.9 cm³/mol. The summed E-state index contributed by atoms with van der Waals surface area (Å²) in [5.74, 6) is 0.00315. The summed E-state index contributed by atoms with van der Waals surface area (Å²) in [6, 6.07) is 3.40. The standard InChI is InChI=1S/C15H23N3O2/c1-2-3-9-18(11-13-5-4-8-16-13)15(20)12-6-7-14(19)17-10-12/h6-7,10,13,16H,2-5,8-9,11H2,1H3,(H,17,19). The lowest BCUT2D eigenvalue weighted by Gasteiger charge is -2.26. The van der Waals surface area contributed by atoms with Crippen molar-refractivity contribution in [2.75, 3.05) is 19.6 Å². The van der Waals surface area contributed by atoms with Crippen molar-refractivity contribution in [1.82, 2.24) is 15.2 Å². The molecule has 5 heteroatoms. The summed E-state index contributed by atoms with van der Waals surface area (Å²) in [4.78, 5) is 28.1. The Bertz CT molecular complexity index is 472. The summed E-state index contributed by atoms with van der Waals surface area (Å²) in [7, 11) is 0. The topological polar surface area (TPSA) is 65.2 Å². The SMILES string of the molecule is CCCCN(CC1CCCN1)C(=O)c1ccc(=O)[nH]c1. The molecule has 1 atom stereocenters. The van der Waals surface area contributed by atoms with E-state index in [0.29, 0.717) is 11.6 Å². The second-order valence-electron chi connectivity index (χ2n) is 5.34. The van der Waals surface area contributed by atoms with Crippen LogP contribution in [-0.4, -0.2) is 41.5 Å². The number of amides is 1. The minimum atomic E-state index is -0.181. The second-order valence-corrected chi connectivity index (χ2v) is 5.34. The molecule has 0 radical (unpaired) electrons. The van der Waals surface area contributed by atoms with Gasteiger partial charge in [0.25, 0.3) is 5.91 Å². The summed E-state index contributed by atoms with van der Waals surface area (Å²) < 4.78 is 0. The zero-order valence-electron chi connectivity index (χ0n) is 12.0. The molecule has 2 rings (SSSR count). The number of carbonyl (C=O) groups excluding carboxylic acids is 1. The van der Waals surface area contributed by atoms with Crippen LogP contribution in [0.25, 0.3) is 0 Å². The van der Waals surface area contributed by atoms with E-state index >= 15 is 0 Å². The van der Waals surface area contributed by atoms with Crippen LogP contribution in [0, 0.1) is 0 Å². The van der Waals surface area contributed by atoms with E-state index < -0.39 is 0 Å². The van der Waals surface area contributed by atoms with Gasteiger partial charge in [0.05, 0.1) is 5.56 Å². The fourth-order valence-corrected chi connectivity index (χ4v) is 2.53. The maximum Gasteiger partial charge on any atom is 0.255 e. The quantitative estimate of drug-likeness (QED) is 0.825. The molecule has 0 bridgehead atoms. The van der Waals surface area contributed by atoms with E-state index in [0.717, 1.165) is 38.9 Å². The van der Waals surface area contributed by atoms with Crippen LogP contribution >= 0.6 is 0 Å². The zero-order chi connectivity index (χ0) is 14.4. The molecule has 1 aliphatic rings. The normalized spacial score (nSPS) is 18.1. The summed E-state index contributed by atoms with van der Waals surface area (Å²) in [5.41, 5.74) is 0.373. The molecule has 1 amide bonds. The van der Waals surface area contributed by atoms with Gasteiger partial charge in [-0.2, -0.15) is 0 Å². The van der Waals surface area contributed by atoms with Crippen molar-refractivity contribution in [3.63, 3.8) is 0 Å². The van der Waals surface area contributed by atoms with Gasteiger partial charge in [0.15, 0.2) is 0 Å². The first-order valence-electron chi connectivity index (χ1n) is 7.42. The lowest BCUT2D eigenvalue weighted by molar-refractivity contribution is 0.0739. The van der Waals surface area contributed by atoms with Crippen LogP contribution in [-0.2, 0) is 0 Å². The van der Waals surface area contributed by atoms with E-state index in [2.05, 4.69) is 17.2 Å². The molecule has 0 spiro atoms. The van der Waals surface area contributed by atoms with E-state index in [1.165, 1.54) is 18.7 Å². The van der Waals surface area contributed by atoms with Crippen LogP contribution in [0.15, 0.2) is 23.1 Å². The Morgan fingerprint density at radius 2 is 2.30 bits per heavy atom. The number of H-pyrrole nitrogens is 1. The number of pyridine rings is 1. The van der Waals surface area contributed by atoms with E-state index in [-0.39, 0.29) is 11.5 Å². The third kappa shape index (κ3) is 3.93. The molecule has 1 aromatic rings. The maximum absolute atomic E-state index is 12.5. The van der Waals surface area contributed by atoms with Gasteiger partial charge < -0.3 is 15.2 Å². The number of aromatic nitrogens is 1. The molecule has 2 heterocycles. The third-order valence-electron chi connectivity index (χ3n) is 3.70. The van der Waals surface area contributed by atoms with Gasteiger partial charge in [0.2, 0.25) is 5.56 Å². The van der Waals surface area contributed by atoms with Gasteiger partial charge in [-0.3, -0.25) is 9.59 Å². The van der Waals surface area contributed by atoms with Crippen LogP contribution in [0.3, 0.4) is 0 Å². The number of carbonyl (C=O) groups is 1. The van der Waals surface area contributed by atoms with Gasteiger partial charge in [-0.25, -0.2) is 0 Å². The lowest BCUT2D eigenvalue weighted by atomic mass is 10.1. The van der Waals surface area contributed by atoms with Gasteiger partial charge in [0, 0.05) is 31.4 Å². The summed E-state index contributed by atoms with van der Waals surface area (Å²) >= 11 is 0. The number of aromatic amines is 1. The van der Waals surface area contributed by atoms with Crippen molar-refractivity contribution < 1.29 is 4.79 Å². The Morgan fingerprint density at radius 1 is 1.45 bits per heavy atom. The van der Waals surface area contributed by atoms with Crippen molar-refractivity contribution in [2.24, 2.45) is 0 Å². The van der Waals surface area contributed by atoms with E-state index in [1.807, 2.05) is 4.90 Å². The maximum atomic E-state index is 12.5. The van der Waals surface area contributed by atoms with E-state index in [1.54, 1.807) is 6.07 Å². The molecule has 1 saturated heterocycles. The predicted octanol–water partition coefficient (Wildman–Crippen LogP) is 1.37. The molecule has 20 heavy (non-hydrogen) atoms. The molecule has 0 aliphatic carbocycles. The van der Waals surface area contributed by atoms with E-state index in [4.69, 9.17) is 0 Å². The van der Waals surface area contributed by atoms with Gasteiger partial charge in [-0.05, 0) is 31.9 Å². The van der Waals surface area contributed by atoms with Gasteiger partial charge in [-0.15, -0.1) is 0 Å². The van der Waals surface area contributed by atoms with Crippen molar-refractivity contribution in [3.8, 4) is 0 Å². The largest absolute Gasteiger partial charge is 0.337 e. The first kappa shape index (κ1) is 14.8. The number of nitrogens with zero attached hydrogens (tertiary/aromatic N) is 1. The minimum Gasteiger partial charge on any atom is -0.337 e. The molecule has 1 aliphatic heterocycles. The van der Waals surface area contributed by atoms with Gasteiger partial charge in [0.1, 0.15) is 0 Å². The molecule has 0 saturated carbocycles. The fraction of sp³-hybridized carbons (Fsp3) is 0.600. The van der Waals surface area contributed by atoms with Crippen LogP contribution in [0.5, 0.6) is 0 Å². The molecule has 1 fully saturated rings. The van der Waals surface area contributed by atoms with Gasteiger partial charge >= 0.3 is 0 Å². The molecule has 1 aromatic heterocycles. The minimum absolute atomic E-state index is 0.00315. The van der Waals surface area contributed by atoms with Crippen LogP contribution in [0.1, 0.15) is 43.0 Å². The summed E-state index contributed by atoms with van der Waals surface area (Å²) in [5, 5.41) is 3.43. The smallest absolute Gasteiger partial charge is 0.255 e. The Balaban J connectivity index is 2.05. The van der Waals surface area contributed by atoms with Crippen molar-refractivity contribution >= 4 is 5.91 Å². The van der Waals surface area contributed by atoms with Gasteiger partial charge in [-0.1, -0.05) is 13.3 Å². The first-order chi connectivity index (χ1) is 9.70. The zero-order valence-corrected chi connectivity index (χ0v) is 12.0.